The van der Waals surface area contributed by atoms with Gasteiger partial charge in [0.15, 0.2) is 0 Å². The highest BCUT2D eigenvalue weighted by molar-refractivity contribution is 7.21. The zero-order valence-electron chi connectivity index (χ0n) is 15.6. The van der Waals surface area contributed by atoms with E-state index in [9.17, 15) is 4.79 Å². The van der Waals surface area contributed by atoms with Crippen LogP contribution in [0.25, 0.3) is 20.7 Å². The lowest BCUT2D eigenvalue weighted by atomic mass is 10.1. The fourth-order valence-electron chi connectivity index (χ4n) is 3.56. The molecule has 4 rings (SSSR count). The Morgan fingerprint density at radius 1 is 1.15 bits per heavy atom. The molecule has 1 aliphatic rings. The quantitative estimate of drug-likeness (QED) is 0.666. The first-order chi connectivity index (χ1) is 13.2. The molecule has 0 atom stereocenters. The lowest BCUT2D eigenvalue weighted by molar-refractivity contribution is -0.131. The van der Waals surface area contributed by atoms with Gasteiger partial charge in [0.25, 0.3) is 0 Å². The summed E-state index contributed by atoms with van der Waals surface area (Å²) >= 11 is 1.68. The maximum Gasteiger partial charge on any atom is 0.224 e. The van der Waals surface area contributed by atoms with Gasteiger partial charge in [0.05, 0.1) is 5.39 Å². The number of aromatic nitrogens is 2. The van der Waals surface area contributed by atoms with E-state index in [0.717, 1.165) is 42.0 Å². The molecule has 140 valence electrons. The van der Waals surface area contributed by atoms with E-state index in [1.165, 1.54) is 16.9 Å². The van der Waals surface area contributed by atoms with E-state index in [2.05, 4.69) is 33.1 Å². The van der Waals surface area contributed by atoms with Crippen LogP contribution in [0.4, 0.5) is 5.82 Å². The molecule has 1 fully saturated rings. The fourth-order valence-corrected chi connectivity index (χ4v) is 4.56. The minimum Gasteiger partial charge on any atom is -0.359 e. The Hall–Kier alpha value is -2.47. The standard InChI is InChI=1S/C21H24N4OS/c1-24(13-10-19(26)25-11-6-3-7-12-25)20-17-14-18(16-8-4-2-5-9-16)27-21(17)23-15-22-20/h2,4-5,8-9,14-15H,3,6-7,10-13H2,1H3. The molecule has 1 aromatic carbocycles. The van der Waals surface area contributed by atoms with Crippen molar-refractivity contribution in [2.45, 2.75) is 25.7 Å². The molecule has 3 aromatic rings. The highest BCUT2D eigenvalue weighted by Crippen LogP contribution is 2.35. The molecular weight excluding hydrogens is 356 g/mol. The molecule has 2 aromatic heterocycles. The molecule has 1 aliphatic heterocycles. The number of benzene rings is 1. The van der Waals surface area contributed by atoms with Gasteiger partial charge in [-0.15, -0.1) is 11.3 Å². The number of piperidine rings is 1. The first kappa shape index (κ1) is 17.9. The van der Waals surface area contributed by atoms with Crippen molar-refractivity contribution >= 4 is 33.3 Å². The van der Waals surface area contributed by atoms with Gasteiger partial charge in [-0.25, -0.2) is 9.97 Å². The summed E-state index contributed by atoms with van der Waals surface area (Å²) in [5.41, 5.74) is 1.19. The van der Waals surface area contributed by atoms with Crippen LogP contribution in [-0.2, 0) is 4.79 Å². The third-order valence-electron chi connectivity index (χ3n) is 5.10. The van der Waals surface area contributed by atoms with Gasteiger partial charge >= 0.3 is 0 Å². The summed E-state index contributed by atoms with van der Waals surface area (Å²) in [5.74, 6) is 1.15. The number of rotatable bonds is 5. The third kappa shape index (κ3) is 3.95. The maximum atomic E-state index is 12.5. The summed E-state index contributed by atoms with van der Waals surface area (Å²) in [5, 5.41) is 1.05. The van der Waals surface area contributed by atoms with Gasteiger partial charge in [0.1, 0.15) is 17.0 Å². The molecule has 0 unspecified atom stereocenters. The highest BCUT2D eigenvalue weighted by atomic mass is 32.1. The van der Waals surface area contributed by atoms with Crippen molar-refractivity contribution in [1.82, 2.24) is 14.9 Å². The smallest absolute Gasteiger partial charge is 0.224 e. The molecule has 6 heteroatoms. The summed E-state index contributed by atoms with van der Waals surface area (Å²) < 4.78 is 0. The minimum atomic E-state index is 0.252. The number of hydrogen-bond acceptors (Lipinski definition) is 5. The van der Waals surface area contributed by atoms with E-state index in [1.807, 2.05) is 30.1 Å². The fraction of sp³-hybridized carbons (Fsp3) is 0.381. The first-order valence-electron chi connectivity index (χ1n) is 9.51. The minimum absolute atomic E-state index is 0.252. The lowest BCUT2D eigenvalue weighted by Crippen LogP contribution is -2.37. The number of amides is 1. The molecule has 27 heavy (non-hydrogen) atoms. The molecular formula is C21H24N4OS. The summed E-state index contributed by atoms with van der Waals surface area (Å²) in [6, 6.07) is 12.5. The van der Waals surface area contributed by atoms with E-state index in [-0.39, 0.29) is 5.91 Å². The van der Waals surface area contributed by atoms with Gasteiger partial charge in [-0.05, 0) is 30.9 Å². The van der Waals surface area contributed by atoms with Crippen LogP contribution in [0.1, 0.15) is 25.7 Å². The summed E-state index contributed by atoms with van der Waals surface area (Å²) in [4.78, 5) is 27.6. The Labute approximate surface area is 163 Å². The number of likely N-dealkylation sites (tertiary alicyclic amines) is 1. The largest absolute Gasteiger partial charge is 0.359 e. The van der Waals surface area contributed by atoms with Crippen LogP contribution < -0.4 is 4.90 Å². The van der Waals surface area contributed by atoms with E-state index in [1.54, 1.807) is 17.7 Å². The predicted molar refractivity (Wildman–Crippen MR) is 111 cm³/mol. The molecule has 0 bridgehead atoms. The number of thiophene rings is 1. The van der Waals surface area contributed by atoms with Crippen molar-refractivity contribution in [2.24, 2.45) is 0 Å². The molecule has 5 nitrogen and oxygen atoms in total. The van der Waals surface area contributed by atoms with Crippen molar-refractivity contribution < 1.29 is 4.79 Å². The Bertz CT molecular complexity index is 918. The van der Waals surface area contributed by atoms with Gasteiger partial charge in [0.2, 0.25) is 5.91 Å². The van der Waals surface area contributed by atoms with Crippen molar-refractivity contribution in [3.63, 3.8) is 0 Å². The Balaban J connectivity index is 1.50. The summed E-state index contributed by atoms with van der Waals surface area (Å²) in [6.45, 7) is 2.48. The van der Waals surface area contributed by atoms with Crippen molar-refractivity contribution in [1.29, 1.82) is 0 Å². The molecule has 1 amide bonds. The molecule has 0 spiro atoms. The molecule has 1 saturated heterocycles. The van der Waals surface area contributed by atoms with Crippen LogP contribution in [0, 0.1) is 0 Å². The number of carbonyl (C=O) groups excluding carboxylic acids is 1. The summed E-state index contributed by atoms with van der Waals surface area (Å²) in [6.07, 6.45) is 5.64. The Morgan fingerprint density at radius 3 is 2.70 bits per heavy atom. The maximum absolute atomic E-state index is 12.5. The third-order valence-corrected chi connectivity index (χ3v) is 6.19. The van der Waals surface area contributed by atoms with Crippen LogP contribution in [0.5, 0.6) is 0 Å². The zero-order chi connectivity index (χ0) is 18.6. The van der Waals surface area contributed by atoms with Crippen molar-refractivity contribution in [2.75, 3.05) is 31.6 Å². The van der Waals surface area contributed by atoms with Crippen LogP contribution in [0.2, 0.25) is 0 Å². The van der Waals surface area contributed by atoms with Crippen molar-refractivity contribution in [3.8, 4) is 10.4 Å². The number of fused-ring (bicyclic) bond motifs is 1. The van der Waals surface area contributed by atoms with E-state index < -0.39 is 0 Å². The average molecular weight is 381 g/mol. The number of carbonyl (C=O) groups is 1. The average Bonchev–Trinajstić information content (AvgIpc) is 3.17. The van der Waals surface area contributed by atoms with Crippen LogP contribution in [0.15, 0.2) is 42.7 Å². The molecule has 0 N–H and O–H groups in total. The molecule has 0 radical (unpaired) electrons. The monoisotopic (exact) mass is 380 g/mol. The topological polar surface area (TPSA) is 49.3 Å². The normalized spacial score (nSPS) is 14.5. The van der Waals surface area contributed by atoms with Crippen molar-refractivity contribution in [3.05, 3.63) is 42.7 Å². The SMILES string of the molecule is CN(CCC(=O)N1CCCCC1)c1ncnc2sc(-c3ccccc3)cc12. The van der Waals surface area contributed by atoms with Gasteiger partial charge in [-0.2, -0.15) is 0 Å². The number of hydrogen-bond donors (Lipinski definition) is 0. The second-order valence-corrected chi connectivity index (χ2v) is 8.04. The predicted octanol–water partition coefficient (Wildman–Crippen LogP) is 4.20. The molecule has 3 heterocycles. The van der Waals surface area contributed by atoms with E-state index >= 15 is 0 Å². The van der Waals surface area contributed by atoms with Crippen LogP contribution in [0.3, 0.4) is 0 Å². The van der Waals surface area contributed by atoms with Gasteiger partial charge < -0.3 is 9.80 Å². The second-order valence-electron chi connectivity index (χ2n) is 7.01. The molecule has 0 aliphatic carbocycles. The second kappa shape index (κ2) is 8.05. The van der Waals surface area contributed by atoms with Gasteiger partial charge in [-0.1, -0.05) is 30.3 Å². The molecule has 0 saturated carbocycles. The highest BCUT2D eigenvalue weighted by Gasteiger charge is 2.18. The van der Waals surface area contributed by atoms with E-state index in [0.29, 0.717) is 13.0 Å². The summed E-state index contributed by atoms with van der Waals surface area (Å²) in [7, 11) is 2.01. The van der Waals surface area contributed by atoms with E-state index in [4.69, 9.17) is 0 Å². The number of nitrogens with zero attached hydrogens (tertiary/aromatic N) is 4. The van der Waals surface area contributed by atoms with Gasteiger partial charge in [0, 0.05) is 38.0 Å². The van der Waals surface area contributed by atoms with Crippen LogP contribution in [-0.4, -0.2) is 47.5 Å². The van der Waals surface area contributed by atoms with Gasteiger partial charge in [-0.3, -0.25) is 4.79 Å². The Morgan fingerprint density at radius 2 is 1.93 bits per heavy atom. The zero-order valence-corrected chi connectivity index (χ0v) is 16.4. The number of anilines is 1. The lowest BCUT2D eigenvalue weighted by Gasteiger charge is -2.27. The first-order valence-corrected chi connectivity index (χ1v) is 10.3. The Kier molecular flexibility index (Phi) is 5.34. The van der Waals surface area contributed by atoms with Crippen LogP contribution >= 0.6 is 11.3 Å².